The molecule has 2 bridgehead atoms. The number of aliphatic hydroxyl groups is 1. The minimum Gasteiger partial charge on any atom is -0.541 e. The molecule has 52 heavy (non-hydrogen) atoms. The van der Waals surface area contributed by atoms with E-state index in [4.69, 9.17) is 18.6 Å². The van der Waals surface area contributed by atoms with E-state index in [1.54, 1.807) is 7.11 Å². The van der Waals surface area contributed by atoms with Gasteiger partial charge in [0.25, 0.3) is 8.32 Å². The molecule has 5 rings (SSSR count). The van der Waals surface area contributed by atoms with Gasteiger partial charge < -0.3 is 23.7 Å². The molecule has 0 radical (unpaired) electrons. The molecule has 9 heteroatoms. The third kappa shape index (κ3) is 5.84. The topological polar surface area (TPSA) is 103 Å². The zero-order chi connectivity index (χ0) is 38.8. The van der Waals surface area contributed by atoms with Crippen LogP contribution in [0.2, 0.25) is 16.6 Å². The number of esters is 1. The van der Waals surface area contributed by atoms with E-state index in [2.05, 4.69) is 86.3 Å². The maximum absolute atomic E-state index is 13.9. The summed E-state index contributed by atoms with van der Waals surface area (Å²) < 4.78 is 25.7. The quantitative estimate of drug-likeness (QED) is 0.175. The van der Waals surface area contributed by atoms with Crippen molar-refractivity contribution < 1.29 is 33.3 Å². The fourth-order valence-corrected chi connectivity index (χ4v) is 16.2. The fraction of sp³-hybridized carbons (Fsp3) is 0.628. The number of carbonyl (C=O) groups excluding carboxylic acids is 2. The van der Waals surface area contributed by atoms with Crippen LogP contribution in [0.4, 0.5) is 10.5 Å². The van der Waals surface area contributed by atoms with Gasteiger partial charge in [-0.1, -0.05) is 105 Å². The molecule has 2 aromatic carbocycles. The van der Waals surface area contributed by atoms with Crippen molar-refractivity contribution in [3.8, 4) is 5.75 Å². The summed E-state index contributed by atoms with van der Waals surface area (Å²) in [5, 5.41) is 15.9. The summed E-state index contributed by atoms with van der Waals surface area (Å²) in [6, 6.07) is 13.8. The van der Waals surface area contributed by atoms with E-state index in [-0.39, 0.29) is 34.9 Å². The standard InChI is InChI=1S/C43H63NO7Si/c1-26(2)52(27(3)4,28(5)6)51-37-30(18-17-21-33(37)44-38(46)50-39(8,9)10)22-23-36(45)49-35-24-34-40(11,12)41(35,13)42(47)25-29(7)31-19-15-16-20-32(31)43(34,42)48-14/h15-21,26-28,34-35,47H,7,22-25H2,1-6,8-14H3,(H,44,46). The molecule has 0 aromatic heterocycles. The molecule has 5 unspecified atom stereocenters. The highest BCUT2D eigenvalue weighted by molar-refractivity contribution is 6.78. The summed E-state index contributed by atoms with van der Waals surface area (Å²) in [4.78, 5) is 27.0. The van der Waals surface area contributed by atoms with Gasteiger partial charge >= 0.3 is 12.1 Å². The largest absolute Gasteiger partial charge is 0.541 e. The molecule has 286 valence electrons. The lowest BCUT2D eigenvalue weighted by molar-refractivity contribution is -0.254. The Morgan fingerprint density at radius 1 is 0.981 bits per heavy atom. The zero-order valence-electron chi connectivity index (χ0n) is 33.9. The number of amides is 1. The fourth-order valence-electron chi connectivity index (χ4n) is 10.9. The maximum Gasteiger partial charge on any atom is 0.412 e. The molecular weight excluding hydrogens is 671 g/mol. The first-order chi connectivity index (χ1) is 24.0. The number of ether oxygens (including phenoxy) is 3. The minimum absolute atomic E-state index is 0.104. The third-order valence-electron chi connectivity index (χ3n) is 13.4. The SMILES string of the molecule is C=C1CC2(O)C(OC)(c3ccccc31)C1CC(OC(=O)CCc3cccc(NC(=O)OC(C)(C)C)c3O[Si](C(C)C)(C(C)C)C(C)C)C2(C)C1(C)C. The summed E-state index contributed by atoms with van der Waals surface area (Å²) in [5.74, 6) is 0.145. The van der Waals surface area contributed by atoms with E-state index < -0.39 is 48.1 Å². The molecule has 0 heterocycles. The predicted octanol–water partition coefficient (Wildman–Crippen LogP) is 10.2. The van der Waals surface area contributed by atoms with Crippen LogP contribution >= 0.6 is 0 Å². The summed E-state index contributed by atoms with van der Waals surface area (Å²) in [5.41, 5.74) is 0.812. The number of carbonyl (C=O) groups is 2. The van der Waals surface area contributed by atoms with E-state index in [9.17, 15) is 14.7 Å². The molecule has 2 saturated carbocycles. The molecule has 8 nitrogen and oxygen atoms in total. The number of hydrogen-bond acceptors (Lipinski definition) is 7. The van der Waals surface area contributed by atoms with Crippen molar-refractivity contribution in [2.24, 2.45) is 16.7 Å². The predicted molar refractivity (Wildman–Crippen MR) is 210 cm³/mol. The summed E-state index contributed by atoms with van der Waals surface area (Å²) >= 11 is 0. The van der Waals surface area contributed by atoms with Gasteiger partial charge in [-0.05, 0) is 84.0 Å². The smallest absolute Gasteiger partial charge is 0.412 e. The lowest BCUT2D eigenvalue weighted by Crippen LogP contribution is -2.66. The first kappa shape index (κ1) is 40.1. The Morgan fingerprint density at radius 3 is 2.17 bits per heavy atom. The summed E-state index contributed by atoms with van der Waals surface area (Å²) in [6.45, 7) is 29.6. The molecule has 2 N–H and O–H groups in total. The molecule has 2 fully saturated rings. The number of nitrogens with one attached hydrogen (secondary N) is 1. The monoisotopic (exact) mass is 733 g/mol. The van der Waals surface area contributed by atoms with Crippen LogP contribution < -0.4 is 9.74 Å². The second-order valence-electron chi connectivity index (χ2n) is 18.2. The van der Waals surface area contributed by atoms with Crippen LogP contribution in [0.1, 0.15) is 119 Å². The first-order valence-corrected chi connectivity index (χ1v) is 21.2. The number of hydrogen-bond donors (Lipinski definition) is 2. The van der Waals surface area contributed by atoms with Crippen molar-refractivity contribution in [1.29, 1.82) is 0 Å². The molecule has 3 aliphatic rings. The van der Waals surface area contributed by atoms with Crippen molar-refractivity contribution in [1.82, 2.24) is 0 Å². The van der Waals surface area contributed by atoms with Gasteiger partial charge in [-0.2, -0.15) is 0 Å². The maximum atomic E-state index is 13.9. The van der Waals surface area contributed by atoms with Gasteiger partial charge in [0, 0.05) is 31.3 Å². The Kier molecular flexibility index (Phi) is 10.5. The molecule has 2 aromatic rings. The normalized spacial score (nSPS) is 27.8. The van der Waals surface area contributed by atoms with Crippen molar-refractivity contribution >= 4 is 31.6 Å². The van der Waals surface area contributed by atoms with Crippen molar-refractivity contribution in [2.45, 2.75) is 148 Å². The van der Waals surface area contributed by atoms with Gasteiger partial charge in [-0.25, -0.2) is 4.79 Å². The van der Waals surface area contributed by atoms with Gasteiger partial charge in [0.1, 0.15) is 28.7 Å². The van der Waals surface area contributed by atoms with Crippen LogP contribution in [0, 0.1) is 16.7 Å². The lowest BCUT2D eigenvalue weighted by atomic mass is 9.54. The van der Waals surface area contributed by atoms with Gasteiger partial charge in [-0.3, -0.25) is 10.1 Å². The summed E-state index contributed by atoms with van der Waals surface area (Å²) in [7, 11) is -0.779. The molecule has 0 aliphatic heterocycles. The van der Waals surface area contributed by atoms with Gasteiger partial charge in [0.2, 0.25) is 0 Å². The van der Waals surface area contributed by atoms with E-state index in [0.717, 1.165) is 22.3 Å². The van der Waals surface area contributed by atoms with Crippen LogP contribution in [0.5, 0.6) is 5.75 Å². The Labute approximate surface area is 313 Å². The molecule has 0 saturated heterocycles. The lowest BCUT2D eigenvalue weighted by Gasteiger charge is -2.58. The number of benzene rings is 2. The second kappa shape index (κ2) is 13.6. The Morgan fingerprint density at radius 2 is 1.60 bits per heavy atom. The number of aryl methyl sites for hydroxylation is 1. The second-order valence-corrected chi connectivity index (χ2v) is 23.5. The average Bonchev–Trinajstić information content (AvgIpc) is 3.29. The van der Waals surface area contributed by atoms with Crippen LogP contribution in [0.3, 0.4) is 0 Å². The van der Waals surface area contributed by atoms with Gasteiger partial charge in [-0.15, -0.1) is 0 Å². The van der Waals surface area contributed by atoms with E-state index in [1.165, 1.54) is 0 Å². The van der Waals surface area contributed by atoms with Crippen molar-refractivity contribution in [2.75, 3.05) is 12.4 Å². The Balaban J connectivity index is 1.45. The van der Waals surface area contributed by atoms with Gasteiger partial charge in [0.15, 0.2) is 0 Å². The highest BCUT2D eigenvalue weighted by Crippen LogP contribution is 2.80. The van der Waals surface area contributed by atoms with Crippen LogP contribution in [-0.2, 0) is 31.0 Å². The van der Waals surface area contributed by atoms with Crippen LogP contribution in [-0.4, -0.2) is 49.9 Å². The molecule has 5 atom stereocenters. The van der Waals surface area contributed by atoms with Crippen molar-refractivity contribution in [3.05, 3.63) is 65.7 Å². The van der Waals surface area contributed by atoms with E-state index >= 15 is 0 Å². The van der Waals surface area contributed by atoms with E-state index in [0.29, 0.717) is 30.7 Å². The molecule has 1 amide bonds. The number of methoxy groups -OCH3 is 1. The molecular formula is C43H63NO7Si. The molecule has 3 aliphatic carbocycles. The zero-order valence-corrected chi connectivity index (χ0v) is 34.9. The minimum atomic E-state index is -2.47. The highest BCUT2D eigenvalue weighted by Gasteiger charge is 2.85. The highest BCUT2D eigenvalue weighted by atomic mass is 28.4. The van der Waals surface area contributed by atoms with Gasteiger partial charge in [0.05, 0.1) is 5.69 Å². The van der Waals surface area contributed by atoms with Crippen LogP contribution in [0.15, 0.2) is 49.0 Å². The number of fused-ring (bicyclic) bond motifs is 7. The number of anilines is 1. The Hall–Kier alpha value is -3.14. The molecule has 0 spiro atoms. The average molecular weight is 734 g/mol. The van der Waals surface area contributed by atoms with E-state index in [1.807, 2.05) is 51.1 Å². The third-order valence-corrected chi connectivity index (χ3v) is 19.3. The Bertz CT molecular complexity index is 1690. The van der Waals surface area contributed by atoms with Crippen LogP contribution in [0.25, 0.3) is 5.57 Å². The first-order valence-electron chi connectivity index (χ1n) is 19.1. The number of para-hydroxylation sites is 1. The van der Waals surface area contributed by atoms with Crippen molar-refractivity contribution in [3.63, 3.8) is 0 Å². The summed E-state index contributed by atoms with van der Waals surface area (Å²) in [6.07, 6.45) is 0.265. The number of rotatable bonds is 11.